The molecule has 7 rings (SSSR count). The Morgan fingerprint density at radius 2 is 1.24 bits per heavy atom. The Hall–Kier alpha value is -3.32. The van der Waals surface area contributed by atoms with Gasteiger partial charge in [-0.1, -0.05) is 60.7 Å². The van der Waals surface area contributed by atoms with Crippen LogP contribution in [-0.2, 0) is 19.3 Å². The minimum Gasteiger partial charge on any atom is -0.344 e. The maximum absolute atomic E-state index is 2.46. The molecule has 0 spiro atoms. The minimum atomic E-state index is 1.02. The van der Waals surface area contributed by atoms with E-state index < -0.39 is 0 Å². The third-order valence-corrected chi connectivity index (χ3v) is 7.11. The molecule has 1 heteroatoms. The van der Waals surface area contributed by atoms with E-state index in [4.69, 9.17) is 0 Å². The Kier molecular flexibility index (Phi) is 2.90. The SMILES string of the molecule is CN1c2cc3c(cc2Cc2ccc4c(c21)Cc1ccccc1-4)-c1ccccc1C3. The number of anilines is 2. The van der Waals surface area contributed by atoms with Crippen LogP contribution in [-0.4, -0.2) is 7.05 Å². The van der Waals surface area contributed by atoms with Crippen LogP contribution >= 0.6 is 0 Å². The summed E-state index contributed by atoms with van der Waals surface area (Å²) in [6.07, 6.45) is 3.12. The quantitative estimate of drug-likeness (QED) is 0.294. The van der Waals surface area contributed by atoms with E-state index in [2.05, 4.69) is 84.7 Å². The zero-order chi connectivity index (χ0) is 19.1. The van der Waals surface area contributed by atoms with Crippen LogP contribution in [0.15, 0.2) is 72.8 Å². The summed E-state index contributed by atoms with van der Waals surface area (Å²) in [6, 6.07) is 27.4. The Morgan fingerprint density at radius 3 is 2.07 bits per heavy atom. The van der Waals surface area contributed by atoms with E-state index >= 15 is 0 Å². The molecule has 0 bridgehead atoms. The number of nitrogens with zero attached hydrogens (tertiary/aromatic N) is 1. The van der Waals surface area contributed by atoms with Gasteiger partial charge in [-0.2, -0.15) is 0 Å². The Labute approximate surface area is 171 Å². The van der Waals surface area contributed by atoms with Crippen molar-refractivity contribution in [2.75, 3.05) is 11.9 Å². The van der Waals surface area contributed by atoms with E-state index in [1.807, 2.05) is 0 Å². The van der Waals surface area contributed by atoms with E-state index in [-0.39, 0.29) is 0 Å². The molecular formula is C28H21N. The van der Waals surface area contributed by atoms with Gasteiger partial charge >= 0.3 is 0 Å². The van der Waals surface area contributed by atoms with Gasteiger partial charge in [-0.05, 0) is 74.2 Å². The molecule has 0 radical (unpaired) electrons. The average molecular weight is 371 g/mol. The zero-order valence-corrected chi connectivity index (χ0v) is 16.5. The predicted octanol–water partition coefficient (Wildman–Crippen LogP) is 6.50. The number of rotatable bonds is 0. The minimum absolute atomic E-state index is 1.02. The second kappa shape index (κ2) is 5.39. The van der Waals surface area contributed by atoms with Gasteiger partial charge in [0.25, 0.3) is 0 Å². The molecule has 4 aromatic rings. The van der Waals surface area contributed by atoms with Gasteiger partial charge in [-0.25, -0.2) is 0 Å². The van der Waals surface area contributed by atoms with Gasteiger partial charge in [0.1, 0.15) is 0 Å². The van der Waals surface area contributed by atoms with Crippen molar-refractivity contribution in [2.24, 2.45) is 0 Å². The summed E-state index contributed by atoms with van der Waals surface area (Å²) >= 11 is 0. The van der Waals surface area contributed by atoms with Gasteiger partial charge in [-0.15, -0.1) is 0 Å². The molecule has 2 aliphatic carbocycles. The summed E-state index contributed by atoms with van der Waals surface area (Å²) in [7, 11) is 2.26. The largest absolute Gasteiger partial charge is 0.344 e. The standard InChI is InChI=1S/C28H21N/c1-29-27-16-20-12-17-6-2-5-9-23(17)25(20)15-21(27)13-19-10-11-24-22-8-4-3-7-18(22)14-26(24)28(19)29/h2-11,15-16H,12-14H2,1H3. The van der Waals surface area contributed by atoms with Crippen molar-refractivity contribution < 1.29 is 0 Å². The van der Waals surface area contributed by atoms with Crippen LogP contribution in [0.1, 0.15) is 33.4 Å². The molecular weight excluding hydrogens is 350 g/mol. The molecule has 0 saturated carbocycles. The molecule has 0 fully saturated rings. The molecule has 0 unspecified atom stereocenters. The van der Waals surface area contributed by atoms with E-state index in [0.29, 0.717) is 0 Å². The molecule has 1 heterocycles. The monoisotopic (exact) mass is 371 g/mol. The second-order valence-electron chi connectivity index (χ2n) is 8.64. The van der Waals surface area contributed by atoms with Gasteiger partial charge in [0.2, 0.25) is 0 Å². The van der Waals surface area contributed by atoms with Crippen molar-refractivity contribution in [3.8, 4) is 22.3 Å². The Balaban J connectivity index is 1.40. The van der Waals surface area contributed by atoms with Crippen LogP contribution in [0.2, 0.25) is 0 Å². The van der Waals surface area contributed by atoms with Crippen LogP contribution < -0.4 is 4.90 Å². The molecule has 4 aromatic carbocycles. The van der Waals surface area contributed by atoms with Crippen molar-refractivity contribution in [1.29, 1.82) is 0 Å². The Bertz CT molecular complexity index is 1340. The number of hydrogen-bond acceptors (Lipinski definition) is 1. The van der Waals surface area contributed by atoms with E-state index in [0.717, 1.165) is 19.3 Å². The highest BCUT2D eigenvalue weighted by atomic mass is 15.1. The number of hydrogen-bond donors (Lipinski definition) is 0. The van der Waals surface area contributed by atoms with Crippen molar-refractivity contribution in [3.63, 3.8) is 0 Å². The first kappa shape index (κ1) is 15.6. The third kappa shape index (κ3) is 2.00. The molecule has 0 N–H and O–H groups in total. The highest BCUT2D eigenvalue weighted by Gasteiger charge is 2.30. The Morgan fingerprint density at radius 1 is 0.552 bits per heavy atom. The summed E-state index contributed by atoms with van der Waals surface area (Å²) in [5.74, 6) is 0. The van der Waals surface area contributed by atoms with Crippen molar-refractivity contribution in [3.05, 3.63) is 106 Å². The summed E-state index contributed by atoms with van der Waals surface area (Å²) in [5, 5.41) is 0. The first-order valence-electron chi connectivity index (χ1n) is 10.5. The van der Waals surface area contributed by atoms with E-state index in [1.165, 1.54) is 67.0 Å². The first-order valence-corrected chi connectivity index (χ1v) is 10.5. The average Bonchev–Trinajstić information content (AvgIpc) is 3.30. The lowest BCUT2D eigenvalue weighted by Crippen LogP contribution is -2.20. The maximum atomic E-state index is 2.46. The third-order valence-electron chi connectivity index (χ3n) is 7.11. The highest BCUT2D eigenvalue weighted by Crippen LogP contribution is 2.49. The van der Waals surface area contributed by atoms with Crippen LogP contribution in [0.25, 0.3) is 22.3 Å². The first-order chi connectivity index (χ1) is 14.3. The van der Waals surface area contributed by atoms with Crippen LogP contribution in [0.5, 0.6) is 0 Å². The van der Waals surface area contributed by atoms with Gasteiger partial charge in [0.05, 0.1) is 0 Å². The topological polar surface area (TPSA) is 3.24 Å². The molecule has 29 heavy (non-hydrogen) atoms. The van der Waals surface area contributed by atoms with E-state index in [9.17, 15) is 0 Å². The smallest absolute Gasteiger partial charge is 0.0486 e. The normalized spacial score (nSPS) is 14.6. The lowest BCUT2D eigenvalue weighted by Gasteiger charge is -2.33. The summed E-state index contributed by atoms with van der Waals surface area (Å²) in [6.45, 7) is 0. The maximum Gasteiger partial charge on any atom is 0.0486 e. The highest BCUT2D eigenvalue weighted by molar-refractivity contribution is 5.89. The molecule has 0 atom stereocenters. The lowest BCUT2D eigenvalue weighted by atomic mass is 9.89. The fraction of sp³-hybridized carbons (Fsp3) is 0.143. The van der Waals surface area contributed by atoms with Gasteiger partial charge in [0, 0.05) is 31.3 Å². The van der Waals surface area contributed by atoms with Crippen molar-refractivity contribution in [1.82, 2.24) is 0 Å². The number of benzene rings is 4. The summed E-state index contributed by atoms with van der Waals surface area (Å²) in [4.78, 5) is 2.46. The molecule has 1 aliphatic heterocycles. The fourth-order valence-electron chi connectivity index (χ4n) is 5.80. The molecule has 138 valence electrons. The predicted molar refractivity (Wildman–Crippen MR) is 120 cm³/mol. The van der Waals surface area contributed by atoms with Gasteiger partial charge in [-0.3, -0.25) is 0 Å². The molecule has 0 saturated heterocycles. The molecule has 0 aromatic heterocycles. The fourth-order valence-corrected chi connectivity index (χ4v) is 5.80. The van der Waals surface area contributed by atoms with Gasteiger partial charge < -0.3 is 4.90 Å². The molecule has 0 amide bonds. The van der Waals surface area contributed by atoms with Gasteiger partial charge in [0.15, 0.2) is 0 Å². The second-order valence-corrected chi connectivity index (χ2v) is 8.64. The summed E-state index contributed by atoms with van der Waals surface area (Å²) < 4.78 is 0. The van der Waals surface area contributed by atoms with Crippen LogP contribution in [0.3, 0.4) is 0 Å². The lowest BCUT2D eigenvalue weighted by molar-refractivity contribution is 1.03. The van der Waals surface area contributed by atoms with Crippen LogP contribution in [0.4, 0.5) is 11.4 Å². The van der Waals surface area contributed by atoms with E-state index in [1.54, 1.807) is 0 Å². The molecule has 3 aliphatic rings. The summed E-state index contributed by atoms with van der Waals surface area (Å²) in [5.41, 5.74) is 17.3. The van der Waals surface area contributed by atoms with Crippen LogP contribution in [0, 0.1) is 0 Å². The zero-order valence-electron chi connectivity index (χ0n) is 16.5. The van der Waals surface area contributed by atoms with Crippen molar-refractivity contribution in [2.45, 2.75) is 19.3 Å². The number of fused-ring (bicyclic) bond motifs is 9. The van der Waals surface area contributed by atoms with Crippen molar-refractivity contribution >= 4 is 11.4 Å². The molecule has 1 nitrogen and oxygen atoms in total.